The molecule has 0 aliphatic rings. The van der Waals surface area contributed by atoms with E-state index < -0.39 is 11.6 Å². The van der Waals surface area contributed by atoms with Gasteiger partial charge in [-0.15, -0.1) is 4.79 Å². The molecular formula is C17H14N4O. The van der Waals surface area contributed by atoms with Gasteiger partial charge in [-0.25, -0.2) is 0 Å². The van der Waals surface area contributed by atoms with Crippen LogP contribution in [0.4, 0.5) is 11.4 Å². The average Bonchev–Trinajstić information content (AvgIpc) is 2.52. The van der Waals surface area contributed by atoms with E-state index in [1.807, 2.05) is 50.2 Å². The first-order chi connectivity index (χ1) is 10.6. The lowest BCUT2D eigenvalue weighted by Gasteiger charge is -2.23. The van der Waals surface area contributed by atoms with Gasteiger partial charge in [0.15, 0.2) is 6.07 Å². The van der Waals surface area contributed by atoms with Crippen LogP contribution in [0, 0.1) is 25.2 Å². The number of carbonyl (C=O) groups is 1. The molecule has 0 saturated heterocycles. The number of benzene rings is 2. The maximum absolute atomic E-state index is 12.6. The standard InChI is InChI=1S/C17H14N4O/c1-12-7-3-5-9-15(12)21(17(22)14(11-18)20-19)16-10-6-4-8-13(16)2/h3-10H,1-2H3. The minimum atomic E-state index is -0.673. The van der Waals surface area contributed by atoms with Crippen molar-refractivity contribution in [3.05, 3.63) is 65.2 Å². The molecule has 0 unspecified atom stereocenters. The molecule has 0 aromatic heterocycles. The van der Waals surface area contributed by atoms with E-state index in [0.717, 1.165) is 11.1 Å². The summed E-state index contributed by atoms with van der Waals surface area (Å²) in [5, 5.41) is 8.99. The van der Waals surface area contributed by atoms with Crippen molar-refractivity contribution in [2.75, 3.05) is 4.90 Å². The molecule has 1 amide bonds. The number of amides is 1. The van der Waals surface area contributed by atoms with Crippen LogP contribution >= 0.6 is 0 Å². The highest BCUT2D eigenvalue weighted by atomic mass is 16.2. The number of anilines is 2. The first-order valence-electron chi connectivity index (χ1n) is 6.68. The average molecular weight is 290 g/mol. The molecule has 0 heterocycles. The van der Waals surface area contributed by atoms with E-state index in [0.29, 0.717) is 11.4 Å². The van der Waals surface area contributed by atoms with Crippen LogP contribution in [-0.4, -0.2) is 16.4 Å². The fraction of sp³-hybridized carbons (Fsp3) is 0.118. The fourth-order valence-corrected chi connectivity index (χ4v) is 2.20. The minimum Gasteiger partial charge on any atom is -0.360 e. The Morgan fingerprint density at radius 2 is 1.50 bits per heavy atom. The van der Waals surface area contributed by atoms with Crippen LogP contribution < -0.4 is 4.90 Å². The van der Waals surface area contributed by atoms with Gasteiger partial charge in [-0.2, -0.15) is 5.26 Å². The lowest BCUT2D eigenvalue weighted by molar-refractivity contribution is -0.115. The van der Waals surface area contributed by atoms with Crippen molar-refractivity contribution >= 4 is 23.0 Å². The molecule has 0 aliphatic carbocycles. The number of hydrogen-bond acceptors (Lipinski definition) is 2. The highest BCUT2D eigenvalue weighted by molar-refractivity contribution is 6.48. The number of carbonyl (C=O) groups excluding carboxylic acids is 1. The van der Waals surface area contributed by atoms with E-state index in [2.05, 4.69) is 4.79 Å². The Morgan fingerprint density at radius 1 is 1.05 bits per heavy atom. The number of nitriles is 1. The number of para-hydroxylation sites is 2. The van der Waals surface area contributed by atoms with E-state index in [4.69, 9.17) is 10.8 Å². The minimum absolute atomic E-state index is 0.563. The normalized spacial score (nSPS) is 9.50. The largest absolute Gasteiger partial charge is 0.456 e. The molecule has 0 radical (unpaired) electrons. The summed E-state index contributed by atoms with van der Waals surface area (Å²) in [4.78, 5) is 16.8. The molecule has 5 heteroatoms. The van der Waals surface area contributed by atoms with E-state index in [1.54, 1.807) is 18.2 Å². The van der Waals surface area contributed by atoms with Gasteiger partial charge < -0.3 is 5.53 Å². The van der Waals surface area contributed by atoms with Gasteiger partial charge in [0, 0.05) is 0 Å². The Balaban J connectivity index is 2.69. The van der Waals surface area contributed by atoms with Crippen molar-refractivity contribution in [2.45, 2.75) is 13.8 Å². The Morgan fingerprint density at radius 3 is 1.86 bits per heavy atom. The Kier molecular flexibility index (Phi) is 4.47. The van der Waals surface area contributed by atoms with Gasteiger partial charge >= 0.3 is 11.6 Å². The van der Waals surface area contributed by atoms with Crippen molar-refractivity contribution in [3.63, 3.8) is 0 Å². The Hall–Kier alpha value is -3.22. The number of nitrogens with zero attached hydrogens (tertiary/aromatic N) is 4. The van der Waals surface area contributed by atoms with E-state index >= 15 is 0 Å². The Bertz CT molecular complexity index is 768. The van der Waals surface area contributed by atoms with E-state index in [-0.39, 0.29) is 0 Å². The van der Waals surface area contributed by atoms with Gasteiger partial charge in [0.1, 0.15) is 0 Å². The molecule has 0 bridgehead atoms. The number of aryl methyl sites for hydroxylation is 2. The van der Waals surface area contributed by atoms with Crippen LogP contribution in [0.15, 0.2) is 48.5 Å². The highest BCUT2D eigenvalue weighted by Gasteiger charge is 2.30. The monoisotopic (exact) mass is 290 g/mol. The van der Waals surface area contributed by atoms with Crippen molar-refractivity contribution in [2.24, 2.45) is 0 Å². The molecule has 2 aromatic rings. The van der Waals surface area contributed by atoms with Gasteiger partial charge in [0.25, 0.3) is 0 Å². The summed E-state index contributed by atoms with van der Waals surface area (Å²) in [5.41, 5.74) is 11.3. The maximum atomic E-state index is 12.6. The third kappa shape index (κ3) is 2.78. The second-order valence-corrected chi connectivity index (χ2v) is 4.77. The third-order valence-corrected chi connectivity index (χ3v) is 3.32. The van der Waals surface area contributed by atoms with Crippen molar-refractivity contribution in [3.8, 4) is 6.07 Å². The molecule has 0 spiro atoms. The zero-order valence-electron chi connectivity index (χ0n) is 12.3. The third-order valence-electron chi connectivity index (χ3n) is 3.32. The molecule has 5 nitrogen and oxygen atoms in total. The van der Waals surface area contributed by atoms with Gasteiger partial charge in [-0.05, 0) is 37.1 Å². The smallest absolute Gasteiger partial charge is 0.360 e. The zero-order valence-corrected chi connectivity index (χ0v) is 12.3. The topological polar surface area (TPSA) is 80.5 Å². The lowest BCUT2D eigenvalue weighted by atomic mass is 10.1. The quantitative estimate of drug-likeness (QED) is 0.494. The van der Waals surface area contributed by atoms with Crippen LogP contribution in [0.2, 0.25) is 0 Å². The molecule has 2 aromatic carbocycles. The second-order valence-electron chi connectivity index (χ2n) is 4.77. The van der Waals surface area contributed by atoms with E-state index in [9.17, 15) is 4.79 Å². The van der Waals surface area contributed by atoms with Gasteiger partial charge in [-0.3, -0.25) is 9.69 Å². The summed E-state index contributed by atoms with van der Waals surface area (Å²) in [6.07, 6.45) is 0. The summed E-state index contributed by atoms with van der Waals surface area (Å²) in [5.74, 6) is -0.673. The molecule has 0 saturated carbocycles. The summed E-state index contributed by atoms with van der Waals surface area (Å²) < 4.78 is 0. The summed E-state index contributed by atoms with van der Waals surface area (Å²) in [7, 11) is 0. The van der Waals surface area contributed by atoms with Crippen molar-refractivity contribution in [1.82, 2.24) is 0 Å². The van der Waals surface area contributed by atoms with Crippen LogP contribution in [0.25, 0.3) is 5.53 Å². The van der Waals surface area contributed by atoms with Gasteiger partial charge in [0.05, 0.1) is 11.4 Å². The van der Waals surface area contributed by atoms with Crippen LogP contribution in [0.5, 0.6) is 0 Å². The molecule has 2 rings (SSSR count). The summed E-state index contributed by atoms with van der Waals surface area (Å²) >= 11 is 0. The maximum Gasteiger partial charge on any atom is 0.456 e. The zero-order chi connectivity index (χ0) is 16.1. The van der Waals surface area contributed by atoms with Crippen LogP contribution in [0.3, 0.4) is 0 Å². The molecule has 0 fully saturated rings. The summed E-state index contributed by atoms with van der Waals surface area (Å²) in [6.45, 7) is 3.74. The molecular weight excluding hydrogens is 276 g/mol. The lowest BCUT2D eigenvalue weighted by Crippen LogP contribution is -2.33. The van der Waals surface area contributed by atoms with Crippen molar-refractivity contribution in [1.29, 1.82) is 5.26 Å². The Labute approximate surface area is 128 Å². The fourth-order valence-electron chi connectivity index (χ4n) is 2.20. The van der Waals surface area contributed by atoms with Crippen LogP contribution in [0.1, 0.15) is 11.1 Å². The van der Waals surface area contributed by atoms with Gasteiger partial charge in [0.2, 0.25) is 0 Å². The molecule has 22 heavy (non-hydrogen) atoms. The molecule has 0 aliphatic heterocycles. The predicted octanol–water partition coefficient (Wildman–Crippen LogP) is 3.16. The highest BCUT2D eigenvalue weighted by Crippen LogP contribution is 2.30. The first-order valence-corrected chi connectivity index (χ1v) is 6.68. The number of hydrogen-bond donors (Lipinski definition) is 0. The second kappa shape index (κ2) is 6.49. The SMILES string of the molecule is Cc1ccccc1N(C(=O)C(C#N)=[N+]=[N-])c1ccccc1C. The first kappa shape index (κ1) is 15.2. The molecule has 0 atom stereocenters. The molecule has 0 N–H and O–H groups in total. The van der Waals surface area contributed by atoms with Gasteiger partial charge in [-0.1, -0.05) is 36.4 Å². The molecule has 108 valence electrons. The van der Waals surface area contributed by atoms with Crippen LogP contribution in [-0.2, 0) is 4.79 Å². The number of rotatable bonds is 3. The predicted molar refractivity (Wildman–Crippen MR) is 83.7 cm³/mol. The van der Waals surface area contributed by atoms with Crippen molar-refractivity contribution < 1.29 is 9.58 Å². The summed E-state index contributed by atoms with van der Waals surface area (Å²) in [6, 6.07) is 16.3. The van der Waals surface area contributed by atoms with E-state index in [1.165, 1.54) is 4.90 Å².